The molecule has 4 heteroatoms. The van der Waals surface area contributed by atoms with Gasteiger partial charge in [-0.05, 0) is 49.6 Å². The lowest BCUT2D eigenvalue weighted by Gasteiger charge is -2.21. The first-order valence-corrected chi connectivity index (χ1v) is 8.26. The van der Waals surface area contributed by atoms with E-state index in [-0.39, 0.29) is 6.04 Å². The van der Waals surface area contributed by atoms with Crippen molar-refractivity contribution in [2.45, 2.75) is 25.8 Å². The van der Waals surface area contributed by atoms with E-state index in [4.69, 9.17) is 16.3 Å². The summed E-state index contributed by atoms with van der Waals surface area (Å²) in [5.41, 5.74) is 3.38. The zero-order valence-electron chi connectivity index (χ0n) is 11.8. The van der Waals surface area contributed by atoms with Gasteiger partial charge in [0.1, 0.15) is 5.75 Å². The highest BCUT2D eigenvalue weighted by Crippen LogP contribution is 2.36. The van der Waals surface area contributed by atoms with Crippen LogP contribution in [0, 0.1) is 6.92 Å². The monoisotopic (exact) mass is 365 g/mol. The van der Waals surface area contributed by atoms with Crippen molar-refractivity contribution in [3.8, 4) is 5.75 Å². The van der Waals surface area contributed by atoms with E-state index in [9.17, 15) is 0 Å². The molecule has 2 aromatic carbocycles. The highest BCUT2D eigenvalue weighted by atomic mass is 79.9. The van der Waals surface area contributed by atoms with Crippen molar-refractivity contribution in [1.82, 2.24) is 0 Å². The van der Waals surface area contributed by atoms with Gasteiger partial charge in [-0.3, -0.25) is 0 Å². The van der Waals surface area contributed by atoms with Crippen molar-refractivity contribution in [3.63, 3.8) is 0 Å². The molecule has 0 saturated carbocycles. The molecule has 1 heterocycles. The van der Waals surface area contributed by atoms with E-state index in [1.165, 1.54) is 5.56 Å². The fourth-order valence-corrected chi connectivity index (χ4v) is 3.16. The van der Waals surface area contributed by atoms with Crippen LogP contribution in [0.2, 0.25) is 5.02 Å². The van der Waals surface area contributed by atoms with Crippen molar-refractivity contribution >= 4 is 33.2 Å². The van der Waals surface area contributed by atoms with Crippen LogP contribution >= 0.6 is 27.5 Å². The number of anilines is 1. The molecule has 0 bridgehead atoms. The minimum atomic E-state index is 0.243. The smallest absolute Gasteiger partial charge is 0.125 e. The van der Waals surface area contributed by atoms with Crippen LogP contribution in [0.5, 0.6) is 5.75 Å². The Morgan fingerprint density at radius 2 is 2.14 bits per heavy atom. The highest BCUT2D eigenvalue weighted by Gasteiger charge is 2.20. The third-order valence-electron chi connectivity index (χ3n) is 3.84. The predicted molar refractivity (Wildman–Crippen MR) is 91.4 cm³/mol. The van der Waals surface area contributed by atoms with Crippen LogP contribution in [0.4, 0.5) is 5.69 Å². The molecule has 2 nitrogen and oxygen atoms in total. The van der Waals surface area contributed by atoms with Crippen molar-refractivity contribution in [2.24, 2.45) is 0 Å². The Hall–Kier alpha value is -1.19. The van der Waals surface area contributed by atoms with Gasteiger partial charge >= 0.3 is 0 Å². The molecule has 0 aromatic heterocycles. The number of ether oxygens (including phenoxy) is 1. The molecule has 21 heavy (non-hydrogen) atoms. The lowest BCUT2D eigenvalue weighted by molar-refractivity contribution is 0.316. The highest BCUT2D eigenvalue weighted by molar-refractivity contribution is 9.10. The third kappa shape index (κ3) is 3.19. The van der Waals surface area contributed by atoms with Crippen LogP contribution in [0.1, 0.15) is 30.0 Å². The van der Waals surface area contributed by atoms with Crippen LogP contribution < -0.4 is 10.1 Å². The topological polar surface area (TPSA) is 21.3 Å². The van der Waals surface area contributed by atoms with Gasteiger partial charge in [-0.1, -0.05) is 39.7 Å². The number of halogens is 2. The van der Waals surface area contributed by atoms with Crippen molar-refractivity contribution in [3.05, 3.63) is 57.0 Å². The molecule has 3 rings (SSSR count). The van der Waals surface area contributed by atoms with Gasteiger partial charge in [-0.2, -0.15) is 0 Å². The van der Waals surface area contributed by atoms with Gasteiger partial charge in [0, 0.05) is 20.7 Å². The maximum atomic E-state index is 6.21. The molecule has 2 aromatic rings. The molecule has 110 valence electrons. The van der Waals surface area contributed by atoms with Crippen molar-refractivity contribution in [2.75, 3.05) is 11.9 Å². The minimum Gasteiger partial charge on any atom is -0.493 e. The van der Waals surface area contributed by atoms with E-state index in [1.807, 2.05) is 25.1 Å². The lowest BCUT2D eigenvalue weighted by Crippen LogP contribution is -2.11. The second kappa shape index (κ2) is 6.29. The molecule has 1 aliphatic rings. The second-order valence-corrected chi connectivity index (χ2v) is 6.61. The fraction of sp³-hybridized carbons (Fsp3) is 0.294. The van der Waals surface area contributed by atoms with Gasteiger partial charge in [0.05, 0.1) is 12.6 Å². The zero-order valence-corrected chi connectivity index (χ0v) is 14.2. The summed E-state index contributed by atoms with van der Waals surface area (Å²) in [6.45, 7) is 2.80. The molecule has 0 fully saturated rings. The first-order chi connectivity index (χ1) is 10.1. The molecule has 0 radical (unpaired) electrons. The zero-order chi connectivity index (χ0) is 14.8. The molecule has 0 aliphatic carbocycles. The number of hydrogen-bond acceptors (Lipinski definition) is 2. The summed E-state index contributed by atoms with van der Waals surface area (Å²) >= 11 is 9.72. The molecular formula is C17H17BrClNO. The van der Waals surface area contributed by atoms with E-state index in [0.29, 0.717) is 0 Å². The molecule has 0 amide bonds. The summed E-state index contributed by atoms with van der Waals surface area (Å²) in [7, 11) is 0. The number of benzene rings is 2. The van der Waals surface area contributed by atoms with Crippen LogP contribution in [-0.4, -0.2) is 6.61 Å². The average molecular weight is 367 g/mol. The summed E-state index contributed by atoms with van der Waals surface area (Å²) < 4.78 is 6.90. The number of hydrogen-bond donors (Lipinski definition) is 1. The fourth-order valence-electron chi connectivity index (χ4n) is 2.65. The largest absolute Gasteiger partial charge is 0.493 e. The van der Waals surface area contributed by atoms with E-state index < -0.39 is 0 Å². The van der Waals surface area contributed by atoms with Crippen molar-refractivity contribution in [1.29, 1.82) is 0 Å². The maximum absolute atomic E-state index is 6.21. The maximum Gasteiger partial charge on any atom is 0.125 e. The Morgan fingerprint density at radius 3 is 3.00 bits per heavy atom. The molecule has 1 N–H and O–H groups in total. The molecule has 1 atom stereocenters. The van der Waals surface area contributed by atoms with Gasteiger partial charge in [0.25, 0.3) is 0 Å². The second-order valence-electron chi connectivity index (χ2n) is 5.28. The number of fused-ring (bicyclic) bond motifs is 1. The van der Waals surface area contributed by atoms with E-state index in [1.54, 1.807) is 0 Å². The first kappa shape index (κ1) is 14.7. The Balaban J connectivity index is 1.94. The van der Waals surface area contributed by atoms with Crippen molar-refractivity contribution < 1.29 is 4.74 Å². The van der Waals surface area contributed by atoms with Gasteiger partial charge in [0.15, 0.2) is 0 Å². The number of rotatable bonds is 2. The SMILES string of the molecule is Cc1c(Cl)cccc1NC1CCCOc2cc(Br)ccc21. The van der Waals surface area contributed by atoms with Crippen LogP contribution in [0.25, 0.3) is 0 Å². The summed E-state index contributed by atoms with van der Waals surface area (Å²) in [5, 5.41) is 4.42. The van der Waals surface area contributed by atoms with Crippen LogP contribution in [-0.2, 0) is 0 Å². The van der Waals surface area contributed by atoms with Gasteiger partial charge in [0.2, 0.25) is 0 Å². The third-order valence-corrected chi connectivity index (χ3v) is 4.75. The van der Waals surface area contributed by atoms with Gasteiger partial charge in [-0.15, -0.1) is 0 Å². The summed E-state index contributed by atoms with van der Waals surface area (Å²) in [6, 6.07) is 12.4. The normalized spacial score (nSPS) is 17.6. The molecule has 0 saturated heterocycles. The molecule has 1 aliphatic heterocycles. The summed E-state index contributed by atoms with van der Waals surface area (Å²) in [4.78, 5) is 0. The Bertz CT molecular complexity index is 659. The Morgan fingerprint density at radius 1 is 1.29 bits per heavy atom. The molecule has 0 spiro atoms. The van der Waals surface area contributed by atoms with Gasteiger partial charge < -0.3 is 10.1 Å². The minimum absolute atomic E-state index is 0.243. The van der Waals surface area contributed by atoms with E-state index >= 15 is 0 Å². The Kier molecular flexibility index (Phi) is 4.41. The lowest BCUT2D eigenvalue weighted by atomic mass is 10.0. The first-order valence-electron chi connectivity index (χ1n) is 7.09. The number of nitrogens with one attached hydrogen (secondary N) is 1. The average Bonchev–Trinajstić information content (AvgIpc) is 2.66. The standard InChI is InChI=1S/C17H17BrClNO/c1-11-14(19)4-2-5-15(11)20-16-6-3-9-21-17-10-12(18)7-8-13(16)17/h2,4-5,7-8,10,16,20H,3,6,9H2,1H3. The predicted octanol–water partition coefficient (Wildman–Crippen LogP) is 5.74. The van der Waals surface area contributed by atoms with Gasteiger partial charge in [-0.25, -0.2) is 0 Å². The summed E-state index contributed by atoms with van der Waals surface area (Å²) in [5.74, 6) is 0.957. The quantitative estimate of drug-likeness (QED) is 0.732. The van der Waals surface area contributed by atoms with Crippen LogP contribution in [0.3, 0.4) is 0 Å². The Labute approximate surface area is 138 Å². The van der Waals surface area contributed by atoms with E-state index in [0.717, 1.165) is 45.9 Å². The van der Waals surface area contributed by atoms with E-state index in [2.05, 4.69) is 39.4 Å². The summed E-state index contributed by atoms with van der Waals surface area (Å²) in [6.07, 6.45) is 2.07. The van der Waals surface area contributed by atoms with Crippen LogP contribution in [0.15, 0.2) is 40.9 Å². The molecule has 1 unspecified atom stereocenters. The molecular weight excluding hydrogens is 350 g/mol.